The second-order valence-electron chi connectivity index (χ2n) is 6.05. The number of carboxylic acids is 1. The number of carbonyl (C=O) groups is 1. The van der Waals surface area contributed by atoms with Crippen LogP contribution in [0, 0.1) is 12.3 Å². The van der Waals surface area contributed by atoms with Crippen LogP contribution < -0.4 is 0 Å². The average Bonchev–Trinajstić information content (AvgIpc) is 2.13. The normalized spacial score (nSPS) is 11.5. The fourth-order valence-corrected chi connectivity index (χ4v) is 1.71. The quantitative estimate of drug-likeness (QED) is 0.906. The van der Waals surface area contributed by atoms with Crippen LogP contribution in [0.2, 0.25) is 0 Å². The fraction of sp³-hybridized carbons (Fsp3) is 0.500. The molecule has 108 valence electrons. The summed E-state index contributed by atoms with van der Waals surface area (Å²) in [6.07, 6.45) is 1.04. The molecule has 0 fully saturated rings. The number of hydrogen-bond donors (Lipinski definition) is 1. The molecule has 0 unspecified atom stereocenters. The van der Waals surface area contributed by atoms with Crippen molar-refractivity contribution >= 4 is 15.8 Å². The van der Waals surface area contributed by atoms with Crippen molar-refractivity contribution in [1.82, 2.24) is 0 Å². The molecule has 0 atom stereocenters. The van der Waals surface area contributed by atoms with Crippen molar-refractivity contribution in [3.8, 4) is 0 Å². The third-order valence-corrected chi connectivity index (χ3v) is 2.98. The first-order chi connectivity index (χ1) is 8.32. The minimum Gasteiger partial charge on any atom is -0.478 e. The number of carboxylic acid groups (broad SMARTS) is 1. The first-order valence-electron chi connectivity index (χ1n) is 5.86. The zero-order valence-electron chi connectivity index (χ0n) is 12.3. The molecule has 0 saturated heterocycles. The van der Waals surface area contributed by atoms with Gasteiger partial charge in [0.15, 0.2) is 9.84 Å². The molecule has 1 aromatic rings. The van der Waals surface area contributed by atoms with E-state index in [4.69, 9.17) is 5.11 Å². The van der Waals surface area contributed by atoms with E-state index in [1.807, 2.05) is 0 Å². The second kappa shape index (κ2) is 6.19. The summed E-state index contributed by atoms with van der Waals surface area (Å²) >= 11 is 0. The van der Waals surface area contributed by atoms with E-state index in [-0.39, 0.29) is 10.5 Å². The fourth-order valence-electron chi connectivity index (χ4n) is 1.06. The lowest BCUT2D eigenvalue weighted by Gasteiger charge is -2.05. The predicted molar refractivity (Wildman–Crippen MR) is 76.4 cm³/mol. The molecule has 0 saturated carbocycles. The van der Waals surface area contributed by atoms with E-state index < -0.39 is 15.8 Å². The lowest BCUT2D eigenvalue weighted by atomic mass is 10.0. The van der Waals surface area contributed by atoms with Crippen molar-refractivity contribution in [2.24, 2.45) is 5.41 Å². The van der Waals surface area contributed by atoms with Crippen LogP contribution in [0.25, 0.3) is 0 Å². The molecular formula is C14H22O4S. The van der Waals surface area contributed by atoms with Gasteiger partial charge in [-0.15, -0.1) is 0 Å². The molecular weight excluding hydrogens is 264 g/mol. The monoisotopic (exact) mass is 286 g/mol. The molecule has 5 heteroatoms. The molecule has 0 aliphatic carbocycles. The highest BCUT2D eigenvalue weighted by Gasteiger charge is 2.12. The van der Waals surface area contributed by atoms with E-state index in [1.165, 1.54) is 18.2 Å². The molecule has 0 aliphatic rings. The van der Waals surface area contributed by atoms with Crippen LogP contribution in [0.15, 0.2) is 23.1 Å². The van der Waals surface area contributed by atoms with Crippen LogP contribution >= 0.6 is 0 Å². The Kier molecular flexibility index (Phi) is 5.75. The highest BCUT2D eigenvalue weighted by Crippen LogP contribution is 2.15. The van der Waals surface area contributed by atoms with Crippen molar-refractivity contribution in [2.75, 3.05) is 6.26 Å². The second-order valence-corrected chi connectivity index (χ2v) is 8.07. The Morgan fingerprint density at radius 3 is 1.89 bits per heavy atom. The number of aromatic carboxylic acids is 1. The van der Waals surface area contributed by atoms with Gasteiger partial charge in [0.25, 0.3) is 0 Å². The smallest absolute Gasteiger partial charge is 0.335 e. The number of sulfone groups is 1. The molecule has 0 radical (unpaired) electrons. The van der Waals surface area contributed by atoms with E-state index in [0.717, 1.165) is 6.26 Å². The summed E-state index contributed by atoms with van der Waals surface area (Å²) in [7, 11) is -3.34. The SMILES string of the molecule is CC(C)(C)C.Cc1ccc(S(C)(=O)=O)cc1C(=O)O. The van der Waals surface area contributed by atoms with Crippen LogP contribution in [-0.4, -0.2) is 25.7 Å². The van der Waals surface area contributed by atoms with E-state index in [0.29, 0.717) is 11.0 Å². The third kappa shape index (κ3) is 7.62. The Bertz CT molecular complexity index is 545. The summed E-state index contributed by atoms with van der Waals surface area (Å²) in [5, 5.41) is 8.76. The van der Waals surface area contributed by atoms with Crippen LogP contribution in [0.4, 0.5) is 0 Å². The maximum atomic E-state index is 11.1. The van der Waals surface area contributed by atoms with Gasteiger partial charge >= 0.3 is 5.97 Å². The molecule has 0 amide bonds. The van der Waals surface area contributed by atoms with Crippen LogP contribution in [0.5, 0.6) is 0 Å². The molecule has 0 bridgehead atoms. The van der Waals surface area contributed by atoms with Gasteiger partial charge in [-0.05, 0) is 30.0 Å². The maximum absolute atomic E-state index is 11.1. The number of rotatable bonds is 2. The van der Waals surface area contributed by atoms with E-state index in [1.54, 1.807) is 6.92 Å². The van der Waals surface area contributed by atoms with Gasteiger partial charge in [-0.2, -0.15) is 0 Å². The summed E-state index contributed by atoms with van der Waals surface area (Å²) in [4.78, 5) is 10.7. The molecule has 1 aromatic carbocycles. The van der Waals surface area contributed by atoms with Crippen molar-refractivity contribution in [3.63, 3.8) is 0 Å². The summed E-state index contributed by atoms with van der Waals surface area (Å²) in [5.74, 6) is -1.12. The topological polar surface area (TPSA) is 71.4 Å². The van der Waals surface area contributed by atoms with Crippen LogP contribution in [-0.2, 0) is 9.84 Å². The summed E-state index contributed by atoms with van der Waals surface area (Å²) in [6.45, 7) is 10.4. The number of aryl methyl sites for hydroxylation is 1. The Morgan fingerprint density at radius 2 is 1.58 bits per heavy atom. The third-order valence-electron chi connectivity index (χ3n) is 1.87. The van der Waals surface area contributed by atoms with Crippen LogP contribution in [0.3, 0.4) is 0 Å². The standard InChI is InChI=1S/C9H10O4S.C5H12/c1-6-3-4-7(14(2,12)13)5-8(6)9(10)11;1-5(2,3)4/h3-5H,1-2H3,(H,10,11);1-4H3. The van der Waals surface area contributed by atoms with Crippen molar-refractivity contribution in [3.05, 3.63) is 29.3 Å². The predicted octanol–water partition coefficient (Wildman–Crippen LogP) is 3.15. The van der Waals surface area contributed by atoms with E-state index >= 15 is 0 Å². The molecule has 4 nitrogen and oxygen atoms in total. The van der Waals surface area contributed by atoms with E-state index in [2.05, 4.69) is 27.7 Å². The van der Waals surface area contributed by atoms with Gasteiger partial charge in [0.2, 0.25) is 0 Å². The summed E-state index contributed by atoms with van der Waals surface area (Å²) in [6, 6.07) is 4.06. The minimum atomic E-state index is -3.34. The largest absolute Gasteiger partial charge is 0.478 e. The molecule has 0 heterocycles. The number of benzene rings is 1. The Hall–Kier alpha value is -1.36. The van der Waals surface area contributed by atoms with Gasteiger partial charge in [0.05, 0.1) is 10.5 Å². The molecule has 1 N–H and O–H groups in total. The molecule has 0 spiro atoms. The Balaban J connectivity index is 0.000000555. The molecule has 1 rings (SSSR count). The van der Waals surface area contributed by atoms with Gasteiger partial charge in [0.1, 0.15) is 0 Å². The zero-order valence-corrected chi connectivity index (χ0v) is 13.1. The molecule has 0 aliphatic heterocycles. The highest BCUT2D eigenvalue weighted by molar-refractivity contribution is 7.90. The van der Waals surface area contributed by atoms with Gasteiger partial charge in [-0.3, -0.25) is 0 Å². The lowest BCUT2D eigenvalue weighted by molar-refractivity contribution is 0.0696. The van der Waals surface area contributed by atoms with Gasteiger partial charge in [0, 0.05) is 6.26 Å². The van der Waals surface area contributed by atoms with Crippen molar-refractivity contribution in [2.45, 2.75) is 39.5 Å². The molecule has 19 heavy (non-hydrogen) atoms. The van der Waals surface area contributed by atoms with Gasteiger partial charge in [-0.25, -0.2) is 13.2 Å². The number of hydrogen-bond acceptors (Lipinski definition) is 3. The molecule has 0 aromatic heterocycles. The van der Waals surface area contributed by atoms with Crippen molar-refractivity contribution < 1.29 is 18.3 Å². The highest BCUT2D eigenvalue weighted by atomic mass is 32.2. The average molecular weight is 286 g/mol. The van der Waals surface area contributed by atoms with Gasteiger partial charge in [-0.1, -0.05) is 33.8 Å². The zero-order chi connectivity index (χ0) is 15.4. The summed E-state index contributed by atoms with van der Waals surface area (Å²) in [5.41, 5.74) is 1.07. The first kappa shape index (κ1) is 17.6. The Morgan fingerprint density at radius 1 is 1.16 bits per heavy atom. The van der Waals surface area contributed by atoms with Crippen LogP contribution in [0.1, 0.15) is 43.6 Å². The first-order valence-corrected chi connectivity index (χ1v) is 7.75. The maximum Gasteiger partial charge on any atom is 0.335 e. The lowest BCUT2D eigenvalue weighted by Crippen LogP contribution is -2.04. The van der Waals surface area contributed by atoms with Gasteiger partial charge < -0.3 is 5.11 Å². The van der Waals surface area contributed by atoms with Crippen molar-refractivity contribution in [1.29, 1.82) is 0 Å². The van der Waals surface area contributed by atoms with E-state index in [9.17, 15) is 13.2 Å². The Labute approximate surface area is 115 Å². The minimum absolute atomic E-state index is 0.0212. The summed E-state index contributed by atoms with van der Waals surface area (Å²) < 4.78 is 22.3.